The van der Waals surface area contributed by atoms with Crippen molar-refractivity contribution in [2.75, 3.05) is 0 Å². The molecule has 0 atom stereocenters. The number of alkyl halides is 3. The molecule has 112 valence electrons. The number of carbonyl (C=O) groups is 1. The minimum Gasteiger partial charge on any atom is -0.466 e. The lowest BCUT2D eigenvalue weighted by molar-refractivity contribution is -0.141. The number of hydrogen-bond acceptors (Lipinski definition) is 3. The van der Waals surface area contributed by atoms with Gasteiger partial charge in [0.1, 0.15) is 11.5 Å². The topological polar surface area (TPSA) is 48.0 Å². The van der Waals surface area contributed by atoms with Crippen LogP contribution < -0.4 is 0 Å². The van der Waals surface area contributed by atoms with Crippen LogP contribution in [-0.2, 0) is 6.18 Å². The van der Waals surface area contributed by atoms with Crippen molar-refractivity contribution >= 4 is 5.91 Å². The Hall–Kier alpha value is -2.05. The fourth-order valence-corrected chi connectivity index (χ4v) is 2.32. The van der Waals surface area contributed by atoms with Gasteiger partial charge in [-0.3, -0.25) is 4.79 Å². The van der Waals surface area contributed by atoms with Crippen molar-refractivity contribution in [2.24, 2.45) is 0 Å². The summed E-state index contributed by atoms with van der Waals surface area (Å²) in [5.41, 5.74) is -0.465. The Labute approximate surface area is 118 Å². The third-order valence-electron chi connectivity index (χ3n) is 3.49. The van der Waals surface area contributed by atoms with E-state index < -0.39 is 17.8 Å². The highest BCUT2D eigenvalue weighted by molar-refractivity contribution is 5.97. The average molecular weight is 298 g/mol. The predicted molar refractivity (Wildman–Crippen MR) is 67.1 cm³/mol. The molecule has 2 aromatic rings. The number of aryl methyl sites for hydroxylation is 2. The maximum atomic E-state index is 12.8. The smallest absolute Gasteiger partial charge is 0.435 e. The lowest BCUT2D eigenvalue weighted by Gasteiger charge is -2.04. The highest BCUT2D eigenvalue weighted by Crippen LogP contribution is 2.42. The second kappa shape index (κ2) is 4.47. The molecular formula is C14H13F3N2O2. The first-order valence-electron chi connectivity index (χ1n) is 6.56. The van der Waals surface area contributed by atoms with E-state index in [-0.39, 0.29) is 11.5 Å². The summed E-state index contributed by atoms with van der Waals surface area (Å²) in [5, 5.41) is 3.47. The lowest BCUT2D eigenvalue weighted by atomic mass is 10.2. The molecule has 1 aliphatic carbocycles. The second-order valence-electron chi connectivity index (χ2n) is 5.27. The lowest BCUT2D eigenvalue weighted by Crippen LogP contribution is -2.17. The van der Waals surface area contributed by atoms with Crippen molar-refractivity contribution in [1.29, 1.82) is 0 Å². The quantitative estimate of drug-likeness (QED) is 0.849. The summed E-state index contributed by atoms with van der Waals surface area (Å²) in [6.07, 6.45) is -3.00. The van der Waals surface area contributed by atoms with Gasteiger partial charge < -0.3 is 4.42 Å². The number of halogens is 3. The van der Waals surface area contributed by atoms with E-state index in [4.69, 9.17) is 4.42 Å². The van der Waals surface area contributed by atoms with E-state index in [1.165, 1.54) is 6.07 Å². The number of rotatable bonds is 2. The predicted octanol–water partition coefficient (Wildman–Crippen LogP) is 3.68. The van der Waals surface area contributed by atoms with Gasteiger partial charge >= 0.3 is 6.18 Å². The Morgan fingerprint density at radius 3 is 2.48 bits per heavy atom. The highest BCUT2D eigenvalue weighted by Gasteiger charge is 2.39. The van der Waals surface area contributed by atoms with Crippen molar-refractivity contribution in [3.63, 3.8) is 0 Å². The SMILES string of the molecule is Cc1cc(C(=O)n2nc(C(F)(F)F)cc2C2CC2)c(C)o1. The van der Waals surface area contributed by atoms with Crippen LogP contribution >= 0.6 is 0 Å². The number of nitrogens with zero attached hydrogens (tertiary/aromatic N) is 2. The highest BCUT2D eigenvalue weighted by atomic mass is 19.4. The van der Waals surface area contributed by atoms with E-state index >= 15 is 0 Å². The Bertz CT molecular complexity index is 708. The molecule has 0 N–H and O–H groups in total. The average Bonchev–Trinajstić information content (AvgIpc) is 3.02. The number of aromatic nitrogens is 2. The van der Waals surface area contributed by atoms with Crippen molar-refractivity contribution < 1.29 is 22.4 Å². The van der Waals surface area contributed by atoms with E-state index in [1.54, 1.807) is 13.8 Å². The van der Waals surface area contributed by atoms with E-state index in [0.717, 1.165) is 23.6 Å². The van der Waals surface area contributed by atoms with Gasteiger partial charge in [0.2, 0.25) is 0 Å². The van der Waals surface area contributed by atoms with Gasteiger partial charge in [0.05, 0.1) is 11.3 Å². The Balaban J connectivity index is 2.06. The molecule has 0 unspecified atom stereocenters. The third kappa shape index (κ3) is 2.48. The zero-order chi connectivity index (χ0) is 15.4. The maximum absolute atomic E-state index is 12.8. The zero-order valence-corrected chi connectivity index (χ0v) is 11.5. The molecule has 0 saturated heterocycles. The number of furan rings is 1. The molecule has 1 aliphatic rings. The number of hydrogen-bond donors (Lipinski definition) is 0. The molecule has 0 radical (unpaired) electrons. The molecule has 0 spiro atoms. The Kier molecular flexibility index (Phi) is 2.96. The van der Waals surface area contributed by atoms with Crippen LogP contribution in [0.2, 0.25) is 0 Å². The van der Waals surface area contributed by atoms with Gasteiger partial charge in [-0.1, -0.05) is 0 Å². The van der Waals surface area contributed by atoms with Crippen LogP contribution in [0.25, 0.3) is 0 Å². The molecule has 0 aromatic carbocycles. The third-order valence-corrected chi connectivity index (χ3v) is 3.49. The van der Waals surface area contributed by atoms with E-state index in [1.807, 2.05) is 0 Å². The fourth-order valence-electron chi connectivity index (χ4n) is 2.32. The minimum absolute atomic E-state index is 0.0224. The van der Waals surface area contributed by atoms with Crippen LogP contribution in [0.5, 0.6) is 0 Å². The molecule has 4 nitrogen and oxygen atoms in total. The van der Waals surface area contributed by atoms with Crippen molar-refractivity contribution in [3.05, 3.63) is 40.6 Å². The molecule has 21 heavy (non-hydrogen) atoms. The van der Waals surface area contributed by atoms with Gasteiger partial charge in [-0.25, -0.2) is 0 Å². The van der Waals surface area contributed by atoms with E-state index in [2.05, 4.69) is 5.10 Å². The molecule has 1 saturated carbocycles. The summed E-state index contributed by atoms with van der Waals surface area (Å²) in [6.45, 7) is 3.28. The molecule has 2 heterocycles. The molecule has 1 fully saturated rings. The summed E-state index contributed by atoms with van der Waals surface area (Å²) in [4.78, 5) is 12.4. The monoisotopic (exact) mass is 298 g/mol. The fraction of sp³-hybridized carbons (Fsp3) is 0.429. The van der Waals surface area contributed by atoms with Crippen LogP contribution in [0, 0.1) is 13.8 Å². The van der Waals surface area contributed by atoms with Crippen LogP contribution in [0.1, 0.15) is 52.0 Å². The molecule has 7 heteroatoms. The van der Waals surface area contributed by atoms with Gasteiger partial charge in [0, 0.05) is 5.92 Å². The summed E-state index contributed by atoms with van der Waals surface area (Å²) >= 11 is 0. The first kappa shape index (κ1) is 13.9. The Morgan fingerprint density at radius 2 is 2.00 bits per heavy atom. The van der Waals surface area contributed by atoms with E-state index in [9.17, 15) is 18.0 Å². The normalized spacial score (nSPS) is 15.5. The van der Waals surface area contributed by atoms with Gasteiger partial charge in [-0.15, -0.1) is 0 Å². The van der Waals surface area contributed by atoms with Crippen LogP contribution in [-0.4, -0.2) is 15.7 Å². The van der Waals surface area contributed by atoms with Gasteiger partial charge in [0.15, 0.2) is 5.69 Å². The van der Waals surface area contributed by atoms with Crippen molar-refractivity contribution in [2.45, 2.75) is 38.8 Å². The minimum atomic E-state index is -4.56. The van der Waals surface area contributed by atoms with Crippen LogP contribution in [0.15, 0.2) is 16.5 Å². The first-order chi connectivity index (χ1) is 9.77. The molecule has 3 rings (SSSR count). The van der Waals surface area contributed by atoms with Crippen molar-refractivity contribution in [3.8, 4) is 0 Å². The van der Waals surface area contributed by atoms with Gasteiger partial charge in [-0.05, 0) is 38.8 Å². The molecule has 2 aromatic heterocycles. The summed E-state index contributed by atoms with van der Waals surface area (Å²) in [6, 6.07) is 2.49. The summed E-state index contributed by atoms with van der Waals surface area (Å²) < 4.78 is 44.6. The maximum Gasteiger partial charge on any atom is 0.435 e. The molecule has 0 aliphatic heterocycles. The first-order valence-corrected chi connectivity index (χ1v) is 6.56. The molecule has 0 bridgehead atoms. The van der Waals surface area contributed by atoms with Crippen LogP contribution in [0.4, 0.5) is 13.2 Å². The molecule has 0 amide bonds. The van der Waals surface area contributed by atoms with Crippen LogP contribution in [0.3, 0.4) is 0 Å². The van der Waals surface area contributed by atoms with Crippen molar-refractivity contribution in [1.82, 2.24) is 9.78 Å². The summed E-state index contributed by atoms with van der Waals surface area (Å²) in [7, 11) is 0. The molecular weight excluding hydrogens is 285 g/mol. The standard InChI is InChI=1S/C14H13F3N2O2/c1-7-5-10(8(2)21-7)13(20)19-11(9-3-4-9)6-12(18-19)14(15,16)17/h5-6,9H,3-4H2,1-2H3. The van der Waals surface area contributed by atoms with E-state index in [0.29, 0.717) is 17.2 Å². The second-order valence-corrected chi connectivity index (χ2v) is 5.27. The zero-order valence-electron chi connectivity index (χ0n) is 11.5. The van der Waals surface area contributed by atoms with Gasteiger partial charge in [0.25, 0.3) is 5.91 Å². The number of carbonyl (C=O) groups excluding carboxylic acids is 1. The van der Waals surface area contributed by atoms with Gasteiger partial charge in [-0.2, -0.15) is 23.0 Å². The largest absolute Gasteiger partial charge is 0.466 e. The summed E-state index contributed by atoms with van der Waals surface area (Å²) in [5.74, 6) is 0.308. The Morgan fingerprint density at radius 1 is 1.33 bits per heavy atom.